The minimum atomic E-state index is -0.371. The third-order valence-corrected chi connectivity index (χ3v) is 5.06. The van der Waals surface area contributed by atoms with Crippen LogP contribution in [0.1, 0.15) is 66.8 Å². The smallest absolute Gasteiger partial charge is 0.274 e. The topological polar surface area (TPSA) is 100 Å². The first kappa shape index (κ1) is 24.3. The highest BCUT2D eigenvalue weighted by Crippen LogP contribution is 2.17. The summed E-state index contributed by atoms with van der Waals surface area (Å²) >= 11 is 0. The molecule has 1 heterocycles. The van der Waals surface area contributed by atoms with Crippen LogP contribution in [-0.2, 0) is 0 Å². The summed E-state index contributed by atoms with van der Waals surface area (Å²) in [5.41, 5.74) is 7.52. The van der Waals surface area contributed by atoms with Gasteiger partial charge >= 0.3 is 0 Å². The number of nitrogen functional groups attached to an aromatic ring is 1. The molecule has 1 aromatic heterocycles. The molecular weight excluding hydrogens is 390 g/mol. The van der Waals surface area contributed by atoms with Crippen molar-refractivity contribution >= 4 is 23.2 Å². The number of amides is 2. The number of aromatic nitrogens is 1. The number of nitrogens with zero attached hydrogens (tertiary/aromatic N) is 2. The molecule has 0 aliphatic rings. The fourth-order valence-corrected chi connectivity index (χ4v) is 3.17. The van der Waals surface area contributed by atoms with Crippen LogP contribution in [-0.4, -0.2) is 47.9 Å². The molecule has 0 bridgehead atoms. The zero-order valence-electron chi connectivity index (χ0n) is 18.7. The molecule has 7 nitrogen and oxygen atoms in total. The molecule has 0 spiro atoms. The number of carbonyl (C=O) groups is 2. The van der Waals surface area contributed by atoms with Crippen LogP contribution >= 0.6 is 0 Å². The van der Waals surface area contributed by atoms with Gasteiger partial charge in [0, 0.05) is 12.7 Å². The Morgan fingerprint density at radius 3 is 2.23 bits per heavy atom. The molecule has 0 radical (unpaired) electrons. The van der Waals surface area contributed by atoms with Crippen molar-refractivity contribution in [3.8, 4) is 0 Å². The Hall–Kier alpha value is -2.93. The first-order valence-corrected chi connectivity index (χ1v) is 11.2. The summed E-state index contributed by atoms with van der Waals surface area (Å²) in [6, 6.07) is 10.2. The average molecular weight is 426 g/mol. The molecule has 31 heavy (non-hydrogen) atoms. The van der Waals surface area contributed by atoms with Crippen molar-refractivity contribution in [2.75, 3.05) is 37.2 Å². The van der Waals surface area contributed by atoms with Gasteiger partial charge in [-0.1, -0.05) is 38.8 Å². The Morgan fingerprint density at radius 2 is 1.61 bits per heavy atom. The summed E-state index contributed by atoms with van der Waals surface area (Å²) in [7, 11) is 0. The van der Waals surface area contributed by atoms with Crippen molar-refractivity contribution in [2.45, 2.75) is 46.0 Å². The van der Waals surface area contributed by atoms with Gasteiger partial charge in [-0.05, 0) is 63.2 Å². The van der Waals surface area contributed by atoms with Crippen molar-refractivity contribution in [1.82, 2.24) is 15.2 Å². The Kier molecular flexibility index (Phi) is 10.5. The van der Waals surface area contributed by atoms with Crippen LogP contribution in [0, 0.1) is 0 Å². The number of rotatable bonds is 13. The molecule has 0 unspecified atom stereocenters. The standard InChI is InChI=1S/C24H35N5O2/c1-3-5-15-29(16-6-4-2)17-9-14-26-23(30)19-12-13-22(27-18-19)24(31)28-21-11-8-7-10-20(21)25/h7-8,10-13,18H,3-6,9,14-17,25H2,1-2H3,(H,26,30)(H,28,31). The minimum absolute atomic E-state index is 0.180. The van der Waals surface area contributed by atoms with E-state index >= 15 is 0 Å². The molecule has 1 aromatic carbocycles. The maximum absolute atomic E-state index is 12.4. The predicted molar refractivity (Wildman–Crippen MR) is 126 cm³/mol. The van der Waals surface area contributed by atoms with Gasteiger partial charge in [-0.3, -0.25) is 14.6 Å². The maximum atomic E-state index is 12.4. The Labute approximate surface area is 185 Å². The first-order chi connectivity index (χ1) is 15.0. The second-order valence-electron chi connectivity index (χ2n) is 7.63. The number of unbranched alkanes of at least 4 members (excludes halogenated alkanes) is 2. The van der Waals surface area contributed by atoms with Crippen LogP contribution in [0.5, 0.6) is 0 Å². The van der Waals surface area contributed by atoms with Gasteiger partial charge in [0.25, 0.3) is 11.8 Å². The molecule has 2 aromatic rings. The maximum Gasteiger partial charge on any atom is 0.274 e. The second-order valence-corrected chi connectivity index (χ2v) is 7.63. The third-order valence-electron chi connectivity index (χ3n) is 5.06. The van der Waals surface area contributed by atoms with Gasteiger partial charge in [0.05, 0.1) is 16.9 Å². The molecule has 0 saturated heterocycles. The average Bonchev–Trinajstić information content (AvgIpc) is 2.79. The highest BCUT2D eigenvalue weighted by Gasteiger charge is 2.12. The molecule has 0 atom stereocenters. The van der Waals surface area contributed by atoms with E-state index in [0.29, 0.717) is 23.5 Å². The normalized spacial score (nSPS) is 10.8. The van der Waals surface area contributed by atoms with Crippen molar-refractivity contribution in [2.24, 2.45) is 0 Å². The number of para-hydroxylation sites is 2. The highest BCUT2D eigenvalue weighted by atomic mass is 16.2. The number of nitrogens with one attached hydrogen (secondary N) is 2. The van der Waals surface area contributed by atoms with Crippen LogP contribution in [0.3, 0.4) is 0 Å². The number of nitrogens with two attached hydrogens (primary N) is 1. The molecule has 0 fully saturated rings. The van der Waals surface area contributed by atoms with Crippen LogP contribution in [0.4, 0.5) is 11.4 Å². The Bertz CT molecular complexity index is 815. The van der Waals surface area contributed by atoms with Gasteiger partial charge in [0.1, 0.15) is 5.69 Å². The fraction of sp³-hybridized carbons (Fsp3) is 0.458. The van der Waals surface area contributed by atoms with Gasteiger partial charge in [-0.2, -0.15) is 0 Å². The van der Waals surface area contributed by atoms with E-state index in [9.17, 15) is 9.59 Å². The van der Waals surface area contributed by atoms with E-state index in [1.165, 1.54) is 31.9 Å². The lowest BCUT2D eigenvalue weighted by Gasteiger charge is -2.21. The summed E-state index contributed by atoms with van der Waals surface area (Å²) in [4.78, 5) is 31.3. The Balaban J connectivity index is 1.79. The van der Waals surface area contributed by atoms with Crippen molar-refractivity contribution < 1.29 is 9.59 Å². The molecular formula is C24H35N5O2. The predicted octanol–water partition coefficient (Wildman–Crippen LogP) is 3.94. The van der Waals surface area contributed by atoms with E-state index < -0.39 is 0 Å². The number of carbonyl (C=O) groups excluding carboxylic acids is 2. The minimum Gasteiger partial charge on any atom is -0.397 e. The SMILES string of the molecule is CCCCN(CCCC)CCCNC(=O)c1ccc(C(=O)Nc2ccccc2N)nc1. The fourth-order valence-electron chi connectivity index (χ4n) is 3.17. The van der Waals surface area contributed by atoms with Gasteiger partial charge in [-0.25, -0.2) is 0 Å². The number of hydrogen-bond acceptors (Lipinski definition) is 5. The summed E-state index contributed by atoms with van der Waals surface area (Å²) < 4.78 is 0. The van der Waals surface area contributed by atoms with Gasteiger partial charge in [0.15, 0.2) is 0 Å². The quantitative estimate of drug-likeness (QED) is 0.333. The van der Waals surface area contributed by atoms with Crippen LogP contribution in [0.15, 0.2) is 42.6 Å². The number of benzene rings is 1. The van der Waals surface area contributed by atoms with Crippen molar-refractivity contribution in [3.05, 3.63) is 53.9 Å². The highest BCUT2D eigenvalue weighted by molar-refractivity contribution is 6.04. The lowest BCUT2D eigenvalue weighted by atomic mass is 10.2. The van der Waals surface area contributed by atoms with Crippen molar-refractivity contribution in [3.63, 3.8) is 0 Å². The van der Waals surface area contributed by atoms with Crippen molar-refractivity contribution in [1.29, 1.82) is 0 Å². The van der Waals surface area contributed by atoms with E-state index in [4.69, 9.17) is 5.73 Å². The van der Waals surface area contributed by atoms with Crippen LogP contribution in [0.25, 0.3) is 0 Å². The second kappa shape index (κ2) is 13.4. The lowest BCUT2D eigenvalue weighted by molar-refractivity contribution is 0.0948. The summed E-state index contributed by atoms with van der Waals surface area (Å²) in [6.07, 6.45) is 7.13. The molecule has 2 amide bonds. The summed E-state index contributed by atoms with van der Waals surface area (Å²) in [6.45, 7) is 8.25. The zero-order valence-corrected chi connectivity index (χ0v) is 18.7. The number of pyridine rings is 1. The molecule has 0 aliphatic heterocycles. The van der Waals surface area contributed by atoms with Gasteiger partial charge in [-0.15, -0.1) is 0 Å². The van der Waals surface area contributed by atoms with E-state index in [2.05, 4.69) is 34.4 Å². The largest absolute Gasteiger partial charge is 0.397 e. The summed E-state index contributed by atoms with van der Waals surface area (Å²) in [5, 5.41) is 5.66. The van der Waals surface area contributed by atoms with Gasteiger partial charge < -0.3 is 21.3 Å². The molecule has 2 rings (SSSR count). The molecule has 0 aliphatic carbocycles. The van der Waals surface area contributed by atoms with E-state index in [0.717, 1.165) is 26.1 Å². The van der Waals surface area contributed by atoms with Crippen LogP contribution in [0.2, 0.25) is 0 Å². The Morgan fingerprint density at radius 1 is 0.935 bits per heavy atom. The van der Waals surface area contributed by atoms with E-state index in [1.54, 1.807) is 36.4 Å². The first-order valence-electron chi connectivity index (χ1n) is 11.2. The summed E-state index contributed by atoms with van der Waals surface area (Å²) in [5.74, 6) is -0.551. The number of anilines is 2. The molecule has 168 valence electrons. The van der Waals surface area contributed by atoms with E-state index in [-0.39, 0.29) is 17.5 Å². The van der Waals surface area contributed by atoms with Gasteiger partial charge in [0.2, 0.25) is 0 Å². The van der Waals surface area contributed by atoms with E-state index in [1.807, 2.05) is 0 Å². The monoisotopic (exact) mass is 425 g/mol. The lowest BCUT2D eigenvalue weighted by Crippen LogP contribution is -2.31. The molecule has 0 saturated carbocycles. The third kappa shape index (κ3) is 8.38. The zero-order chi connectivity index (χ0) is 22.5. The molecule has 7 heteroatoms. The molecule has 4 N–H and O–H groups in total. The number of hydrogen-bond donors (Lipinski definition) is 3. The van der Waals surface area contributed by atoms with Crippen LogP contribution < -0.4 is 16.4 Å².